The summed E-state index contributed by atoms with van der Waals surface area (Å²) in [6.45, 7) is 7.68. The molecular formula is C31H44N4O5. The molecule has 4 amide bonds. The number of hydrogen-bond donors (Lipinski definition) is 3. The van der Waals surface area contributed by atoms with Crippen molar-refractivity contribution in [2.75, 3.05) is 6.54 Å². The van der Waals surface area contributed by atoms with E-state index in [-0.39, 0.29) is 29.7 Å². The fraction of sp³-hybridized carbons (Fsp3) is 0.613. The van der Waals surface area contributed by atoms with Crippen LogP contribution < -0.4 is 16.0 Å². The molecule has 0 bridgehead atoms. The van der Waals surface area contributed by atoms with E-state index in [0.717, 1.165) is 31.2 Å². The number of nitrogens with one attached hydrogen (secondary N) is 3. The number of hydrogen-bond acceptors (Lipinski definition) is 5. The lowest BCUT2D eigenvalue weighted by atomic mass is 10.0. The molecule has 0 aromatic heterocycles. The number of ether oxygens (including phenoxy) is 1. The summed E-state index contributed by atoms with van der Waals surface area (Å²) >= 11 is 0. The molecule has 218 valence electrons. The van der Waals surface area contributed by atoms with Crippen molar-refractivity contribution in [2.24, 2.45) is 5.92 Å². The van der Waals surface area contributed by atoms with Crippen molar-refractivity contribution < 1.29 is 23.9 Å². The SMILES string of the molecule is C[C@@H](NC(=O)[C@@]12C[C@H]1C=CCCCCC[C@H](NC(=O)OC(C)(C)C)C(=O)N1CCCC1C(=O)N2)c1ccccc1. The highest BCUT2D eigenvalue weighted by Gasteiger charge is 2.60. The predicted molar refractivity (Wildman–Crippen MR) is 152 cm³/mol. The third-order valence-electron chi connectivity index (χ3n) is 7.97. The van der Waals surface area contributed by atoms with Crippen LogP contribution in [-0.2, 0) is 19.1 Å². The van der Waals surface area contributed by atoms with Crippen LogP contribution in [0.1, 0.15) is 90.7 Å². The number of allylic oxidation sites excluding steroid dienone is 1. The van der Waals surface area contributed by atoms with E-state index < -0.39 is 29.3 Å². The lowest BCUT2D eigenvalue weighted by Gasteiger charge is -2.31. The lowest BCUT2D eigenvalue weighted by molar-refractivity contribution is -0.141. The van der Waals surface area contributed by atoms with Crippen LogP contribution in [0.15, 0.2) is 42.5 Å². The van der Waals surface area contributed by atoms with E-state index in [1.54, 1.807) is 25.7 Å². The van der Waals surface area contributed by atoms with Crippen molar-refractivity contribution in [1.29, 1.82) is 0 Å². The number of benzene rings is 1. The molecule has 0 radical (unpaired) electrons. The monoisotopic (exact) mass is 552 g/mol. The Labute approximate surface area is 237 Å². The highest BCUT2D eigenvalue weighted by molar-refractivity contribution is 5.98. The van der Waals surface area contributed by atoms with Crippen LogP contribution in [0.2, 0.25) is 0 Å². The average Bonchev–Trinajstić information content (AvgIpc) is 3.36. The first-order chi connectivity index (χ1) is 19.0. The fourth-order valence-corrected chi connectivity index (χ4v) is 5.69. The number of nitrogens with zero attached hydrogens (tertiary/aromatic N) is 1. The molecule has 3 N–H and O–H groups in total. The van der Waals surface area contributed by atoms with Gasteiger partial charge in [0, 0.05) is 12.5 Å². The standard InChI is InChI=1S/C31H44N4O5/c1-21(22-14-9-8-10-15-22)32-28(38)31-20-23(31)16-11-6-5-7-12-17-24(33-29(39)40-30(2,3)4)27(37)35-19-13-18-25(35)26(36)34-31/h8-11,14-16,21,23-25H,5-7,12-13,17-20H2,1-4H3,(H,32,38)(H,33,39)(H,34,36)/t21-,23-,24+,25?,31-/m1/s1. The van der Waals surface area contributed by atoms with Crippen molar-refractivity contribution in [2.45, 2.75) is 108 Å². The first-order valence-corrected chi connectivity index (χ1v) is 14.6. The molecule has 40 heavy (non-hydrogen) atoms. The van der Waals surface area contributed by atoms with Crippen molar-refractivity contribution in [3.05, 3.63) is 48.0 Å². The summed E-state index contributed by atoms with van der Waals surface area (Å²) in [5.41, 5.74) is -0.745. The number of rotatable bonds is 4. The third kappa shape index (κ3) is 7.23. The molecule has 2 heterocycles. The van der Waals surface area contributed by atoms with E-state index in [1.165, 1.54) is 0 Å². The summed E-state index contributed by atoms with van der Waals surface area (Å²) in [5, 5.41) is 8.93. The smallest absolute Gasteiger partial charge is 0.408 e. The quantitative estimate of drug-likeness (QED) is 0.486. The molecule has 1 aromatic carbocycles. The van der Waals surface area contributed by atoms with Gasteiger partial charge in [-0.25, -0.2) is 4.79 Å². The van der Waals surface area contributed by atoms with E-state index in [9.17, 15) is 19.2 Å². The van der Waals surface area contributed by atoms with Gasteiger partial charge in [0.2, 0.25) is 17.7 Å². The largest absolute Gasteiger partial charge is 0.444 e. The highest BCUT2D eigenvalue weighted by Crippen LogP contribution is 2.46. The Balaban J connectivity index is 1.53. The van der Waals surface area contributed by atoms with Crippen molar-refractivity contribution in [3.8, 4) is 0 Å². The number of alkyl carbamates (subject to hydrolysis) is 1. The van der Waals surface area contributed by atoms with Crippen molar-refractivity contribution >= 4 is 23.8 Å². The summed E-state index contributed by atoms with van der Waals surface area (Å²) < 4.78 is 5.42. The van der Waals surface area contributed by atoms with E-state index in [2.05, 4.69) is 28.1 Å². The third-order valence-corrected chi connectivity index (χ3v) is 7.97. The second-order valence-corrected chi connectivity index (χ2v) is 12.3. The summed E-state index contributed by atoms with van der Waals surface area (Å²) in [4.78, 5) is 55.1. The van der Waals surface area contributed by atoms with Crippen molar-refractivity contribution in [3.63, 3.8) is 0 Å². The normalized spacial score (nSPS) is 28.2. The Morgan fingerprint density at radius 3 is 2.55 bits per heavy atom. The Hall–Kier alpha value is -3.36. The maximum absolute atomic E-state index is 13.7. The van der Waals surface area contributed by atoms with Gasteiger partial charge in [0.05, 0.1) is 6.04 Å². The zero-order valence-electron chi connectivity index (χ0n) is 24.2. The Morgan fingerprint density at radius 2 is 1.82 bits per heavy atom. The predicted octanol–water partition coefficient (Wildman–Crippen LogP) is 4.14. The van der Waals surface area contributed by atoms with E-state index >= 15 is 0 Å². The number of carbonyl (C=O) groups is 4. The molecule has 1 aromatic rings. The minimum absolute atomic E-state index is 0.100. The van der Waals surface area contributed by atoms with Gasteiger partial charge in [-0.05, 0) is 71.8 Å². The van der Waals surface area contributed by atoms with Crippen LogP contribution in [0.4, 0.5) is 4.79 Å². The Morgan fingerprint density at radius 1 is 1.07 bits per heavy atom. The maximum atomic E-state index is 13.7. The molecular weight excluding hydrogens is 508 g/mol. The Kier molecular flexibility index (Phi) is 9.21. The summed E-state index contributed by atoms with van der Waals surface area (Å²) in [6, 6.07) is 8.04. The maximum Gasteiger partial charge on any atom is 0.408 e. The molecule has 5 atom stereocenters. The van der Waals surface area contributed by atoms with Gasteiger partial charge in [-0.15, -0.1) is 0 Å². The van der Waals surface area contributed by atoms with Crippen LogP contribution in [0.25, 0.3) is 0 Å². The van der Waals surface area contributed by atoms with Crippen molar-refractivity contribution in [1.82, 2.24) is 20.9 Å². The van der Waals surface area contributed by atoms with Crippen LogP contribution in [-0.4, -0.2) is 58.5 Å². The molecule has 2 aliphatic heterocycles. The molecule has 1 saturated heterocycles. The van der Waals surface area contributed by atoms with Crippen LogP contribution >= 0.6 is 0 Å². The summed E-state index contributed by atoms with van der Waals surface area (Å²) in [7, 11) is 0. The molecule has 4 rings (SSSR count). The van der Waals surface area contributed by atoms with E-state index in [1.807, 2.05) is 37.3 Å². The van der Waals surface area contributed by atoms with Gasteiger partial charge in [-0.2, -0.15) is 0 Å². The van der Waals surface area contributed by atoms with Gasteiger partial charge in [-0.1, -0.05) is 55.3 Å². The van der Waals surface area contributed by atoms with Crippen LogP contribution in [0.5, 0.6) is 0 Å². The molecule has 1 unspecified atom stereocenters. The molecule has 9 heteroatoms. The fourth-order valence-electron chi connectivity index (χ4n) is 5.69. The van der Waals surface area contributed by atoms with Crippen LogP contribution in [0.3, 0.4) is 0 Å². The van der Waals surface area contributed by atoms with Crippen LogP contribution in [0, 0.1) is 5.92 Å². The van der Waals surface area contributed by atoms with E-state index in [0.29, 0.717) is 32.2 Å². The number of amides is 4. The van der Waals surface area contributed by atoms with Gasteiger partial charge < -0.3 is 25.6 Å². The molecule has 2 fully saturated rings. The molecule has 1 aliphatic carbocycles. The lowest BCUT2D eigenvalue weighted by Crippen LogP contribution is -2.58. The number of fused-ring (bicyclic) bond motifs is 2. The Bertz CT molecular complexity index is 1110. The van der Waals surface area contributed by atoms with E-state index in [4.69, 9.17) is 4.74 Å². The van der Waals surface area contributed by atoms with Gasteiger partial charge in [-0.3, -0.25) is 14.4 Å². The first kappa shape index (κ1) is 29.6. The van der Waals surface area contributed by atoms with Gasteiger partial charge in [0.25, 0.3) is 0 Å². The molecule has 0 spiro atoms. The summed E-state index contributed by atoms with van der Waals surface area (Å²) in [6.07, 6.45) is 9.11. The average molecular weight is 553 g/mol. The number of carbonyl (C=O) groups excluding carboxylic acids is 4. The topological polar surface area (TPSA) is 117 Å². The van der Waals surface area contributed by atoms with Gasteiger partial charge in [0.1, 0.15) is 23.2 Å². The molecule has 1 saturated carbocycles. The minimum Gasteiger partial charge on any atom is -0.444 e. The molecule has 3 aliphatic rings. The second kappa shape index (κ2) is 12.4. The first-order valence-electron chi connectivity index (χ1n) is 14.6. The molecule has 9 nitrogen and oxygen atoms in total. The summed E-state index contributed by atoms with van der Waals surface area (Å²) in [5.74, 6) is -0.914. The minimum atomic E-state index is -1.04. The second-order valence-electron chi connectivity index (χ2n) is 12.3. The van der Waals surface area contributed by atoms with Gasteiger partial charge >= 0.3 is 6.09 Å². The highest BCUT2D eigenvalue weighted by atomic mass is 16.6. The zero-order valence-corrected chi connectivity index (χ0v) is 24.2. The zero-order chi connectivity index (χ0) is 28.9. The van der Waals surface area contributed by atoms with Gasteiger partial charge in [0.15, 0.2) is 0 Å².